The number of carbonyl (C=O) groups is 2. The van der Waals surface area contributed by atoms with Crippen molar-refractivity contribution in [2.75, 3.05) is 23.9 Å². The van der Waals surface area contributed by atoms with E-state index in [0.29, 0.717) is 23.5 Å². The van der Waals surface area contributed by atoms with Gasteiger partial charge in [0.2, 0.25) is 5.91 Å². The molecule has 4 aromatic rings. The first kappa shape index (κ1) is 34.5. The minimum Gasteiger partial charge on any atom is -0.482 e. The third-order valence-electron chi connectivity index (χ3n) is 6.21. The van der Waals surface area contributed by atoms with Crippen LogP contribution >= 0.6 is 23.4 Å². The molecule has 1 aromatic heterocycles. The largest absolute Gasteiger partial charge is 0.573 e. The fourth-order valence-corrected chi connectivity index (χ4v) is 5.19. The third kappa shape index (κ3) is 9.39. The van der Waals surface area contributed by atoms with Crippen LogP contribution in [0.1, 0.15) is 5.56 Å². The molecule has 0 saturated carbocycles. The van der Waals surface area contributed by atoms with E-state index in [9.17, 15) is 35.9 Å². The summed E-state index contributed by atoms with van der Waals surface area (Å²) in [5.41, 5.74) is 4.00. The molecule has 5 rings (SSSR count). The van der Waals surface area contributed by atoms with E-state index in [1.807, 2.05) is 0 Å². The van der Waals surface area contributed by atoms with Gasteiger partial charge in [-0.1, -0.05) is 47.6 Å². The number of anilines is 1. The standard InChI is InChI=1S/C29H21ClF6N6O5S/c30-19-5-10-23(45-15-28(31,32)33)22(13-19)42-24(43)14-48-27(42)38-26(44)40-46-12-11-17-1-3-18(4-2-17)25-37-16-41(39-25)20-6-8-21(9-7-20)47-29(34,35)36/h1-10,13,16H,11-12,14-15H2,(H,40,44)/b38-27-. The molecule has 252 valence electrons. The van der Waals surface area contributed by atoms with Crippen molar-refractivity contribution in [3.05, 3.63) is 83.6 Å². The average molecular weight is 715 g/mol. The van der Waals surface area contributed by atoms with Crippen molar-refractivity contribution in [1.82, 2.24) is 20.2 Å². The van der Waals surface area contributed by atoms with Gasteiger partial charge in [0.15, 0.2) is 17.6 Å². The summed E-state index contributed by atoms with van der Waals surface area (Å²) in [5, 5.41) is 4.36. The number of nitrogens with one attached hydrogen (secondary N) is 1. The topological polar surface area (TPSA) is 120 Å². The molecule has 0 bridgehead atoms. The molecule has 0 atom stereocenters. The molecular formula is C29H21ClF6N6O5S. The summed E-state index contributed by atoms with van der Waals surface area (Å²) in [4.78, 5) is 39.2. The quantitative estimate of drug-likeness (QED) is 0.109. The van der Waals surface area contributed by atoms with Crippen molar-refractivity contribution < 1.29 is 50.2 Å². The highest BCUT2D eigenvalue weighted by Crippen LogP contribution is 2.37. The van der Waals surface area contributed by atoms with E-state index in [-0.39, 0.29) is 39.7 Å². The highest BCUT2D eigenvalue weighted by Gasteiger charge is 2.35. The number of alkyl halides is 6. The van der Waals surface area contributed by atoms with Crippen LogP contribution in [0.15, 0.2) is 78.0 Å². The van der Waals surface area contributed by atoms with Gasteiger partial charge in [-0.3, -0.25) is 14.5 Å². The predicted octanol–water partition coefficient (Wildman–Crippen LogP) is 6.75. The molecule has 3 aromatic carbocycles. The molecule has 1 aliphatic rings. The molecule has 2 heterocycles. The number of urea groups is 1. The Balaban J connectivity index is 1.13. The third-order valence-corrected chi connectivity index (χ3v) is 7.37. The summed E-state index contributed by atoms with van der Waals surface area (Å²) in [6, 6.07) is 15.0. The molecule has 1 N–H and O–H groups in total. The zero-order chi connectivity index (χ0) is 34.5. The maximum Gasteiger partial charge on any atom is 0.573 e. The van der Waals surface area contributed by atoms with Crippen LogP contribution in [0.4, 0.5) is 36.8 Å². The minimum absolute atomic E-state index is 0.0381. The van der Waals surface area contributed by atoms with E-state index >= 15 is 0 Å². The summed E-state index contributed by atoms with van der Waals surface area (Å²) >= 11 is 6.90. The normalized spacial score (nSPS) is 14.4. The van der Waals surface area contributed by atoms with E-state index in [0.717, 1.165) is 34.4 Å². The van der Waals surface area contributed by atoms with Crippen LogP contribution in [0.5, 0.6) is 11.5 Å². The van der Waals surface area contributed by atoms with Crippen LogP contribution < -0.4 is 19.9 Å². The summed E-state index contributed by atoms with van der Waals surface area (Å²) in [6.45, 7) is -1.57. The molecule has 0 unspecified atom stereocenters. The predicted molar refractivity (Wildman–Crippen MR) is 162 cm³/mol. The highest BCUT2D eigenvalue weighted by molar-refractivity contribution is 8.15. The summed E-state index contributed by atoms with van der Waals surface area (Å²) < 4.78 is 85.5. The van der Waals surface area contributed by atoms with Gasteiger partial charge in [0.05, 0.1) is 23.7 Å². The summed E-state index contributed by atoms with van der Waals surface area (Å²) in [6.07, 6.45) is -7.64. The lowest BCUT2D eigenvalue weighted by Crippen LogP contribution is -2.32. The van der Waals surface area contributed by atoms with Gasteiger partial charge >= 0.3 is 18.6 Å². The van der Waals surface area contributed by atoms with Crippen molar-refractivity contribution in [3.63, 3.8) is 0 Å². The van der Waals surface area contributed by atoms with Gasteiger partial charge in [-0.2, -0.15) is 18.2 Å². The molecule has 1 saturated heterocycles. The number of hydrogen-bond acceptors (Lipinski definition) is 8. The smallest absolute Gasteiger partial charge is 0.482 e. The van der Waals surface area contributed by atoms with Crippen LogP contribution in [0.3, 0.4) is 0 Å². The van der Waals surface area contributed by atoms with E-state index < -0.39 is 31.1 Å². The molecule has 1 fully saturated rings. The highest BCUT2D eigenvalue weighted by atomic mass is 35.5. The van der Waals surface area contributed by atoms with Gasteiger partial charge in [-0.25, -0.2) is 19.9 Å². The maximum absolute atomic E-state index is 12.7. The van der Waals surface area contributed by atoms with E-state index in [1.54, 1.807) is 24.3 Å². The van der Waals surface area contributed by atoms with Gasteiger partial charge in [0, 0.05) is 10.6 Å². The fourth-order valence-electron chi connectivity index (χ4n) is 4.16. The number of benzene rings is 3. The lowest BCUT2D eigenvalue weighted by molar-refractivity contribution is -0.274. The van der Waals surface area contributed by atoms with E-state index in [4.69, 9.17) is 21.2 Å². The van der Waals surface area contributed by atoms with Gasteiger partial charge < -0.3 is 9.47 Å². The number of aliphatic imine (C=N–C) groups is 1. The minimum atomic E-state index is -4.79. The molecule has 19 heteroatoms. The first-order chi connectivity index (χ1) is 22.7. The lowest BCUT2D eigenvalue weighted by Gasteiger charge is -2.20. The molecule has 1 aliphatic heterocycles. The number of amides is 3. The van der Waals surface area contributed by atoms with Crippen LogP contribution in [-0.4, -0.2) is 63.4 Å². The van der Waals surface area contributed by atoms with E-state index in [2.05, 4.69) is 25.3 Å². The first-order valence-electron chi connectivity index (χ1n) is 13.6. The monoisotopic (exact) mass is 714 g/mol. The van der Waals surface area contributed by atoms with Crippen molar-refractivity contribution in [2.24, 2.45) is 4.99 Å². The Morgan fingerprint density at radius 3 is 2.44 bits per heavy atom. The van der Waals surface area contributed by atoms with Crippen molar-refractivity contribution in [1.29, 1.82) is 0 Å². The van der Waals surface area contributed by atoms with Gasteiger partial charge in [0.25, 0.3) is 0 Å². The zero-order valence-electron chi connectivity index (χ0n) is 24.1. The molecule has 11 nitrogen and oxygen atoms in total. The average Bonchev–Trinajstić information content (AvgIpc) is 3.65. The second kappa shape index (κ2) is 14.5. The zero-order valence-corrected chi connectivity index (χ0v) is 25.7. The summed E-state index contributed by atoms with van der Waals surface area (Å²) in [5.74, 6) is -0.948. The van der Waals surface area contributed by atoms with Crippen molar-refractivity contribution >= 4 is 46.2 Å². The van der Waals surface area contributed by atoms with Gasteiger partial charge in [0.1, 0.15) is 17.8 Å². The molecule has 48 heavy (non-hydrogen) atoms. The lowest BCUT2D eigenvalue weighted by atomic mass is 10.1. The number of hydroxylamine groups is 1. The summed E-state index contributed by atoms with van der Waals surface area (Å²) in [7, 11) is 0. The van der Waals surface area contributed by atoms with Crippen molar-refractivity contribution in [2.45, 2.75) is 19.0 Å². The number of ether oxygens (including phenoxy) is 2. The number of halogens is 7. The Bertz CT molecular complexity index is 1800. The van der Waals surface area contributed by atoms with Crippen LogP contribution in [-0.2, 0) is 16.1 Å². The number of rotatable bonds is 10. The van der Waals surface area contributed by atoms with Crippen LogP contribution in [0, 0.1) is 0 Å². The number of thioether (sulfide) groups is 1. The first-order valence-corrected chi connectivity index (χ1v) is 14.9. The molecular weight excluding hydrogens is 694 g/mol. The maximum atomic E-state index is 12.7. The molecule has 0 radical (unpaired) electrons. The van der Waals surface area contributed by atoms with Gasteiger partial charge in [-0.15, -0.1) is 18.3 Å². The molecule has 0 aliphatic carbocycles. The van der Waals surface area contributed by atoms with Crippen LogP contribution in [0.2, 0.25) is 5.02 Å². The number of amidine groups is 1. The Morgan fingerprint density at radius 1 is 1.02 bits per heavy atom. The Morgan fingerprint density at radius 2 is 1.75 bits per heavy atom. The Labute approximate surface area is 276 Å². The second-order valence-corrected chi connectivity index (χ2v) is 11.1. The fraction of sp³-hybridized carbons (Fsp3) is 0.207. The van der Waals surface area contributed by atoms with E-state index in [1.165, 1.54) is 41.3 Å². The molecule has 3 amide bonds. The van der Waals surface area contributed by atoms with Gasteiger partial charge in [-0.05, 0) is 54.4 Å². The van der Waals surface area contributed by atoms with Crippen molar-refractivity contribution in [3.8, 4) is 28.6 Å². The molecule has 0 spiro atoms. The number of aromatic nitrogens is 3. The van der Waals surface area contributed by atoms with Crippen LogP contribution in [0.25, 0.3) is 17.1 Å². The second-order valence-electron chi connectivity index (χ2n) is 9.69. The number of carbonyl (C=O) groups excluding carboxylic acids is 2. The Kier molecular flexibility index (Phi) is 10.4. The SMILES string of the molecule is O=C(/N=C1\SCC(=O)N1c1cc(Cl)ccc1OCC(F)(F)F)NOCCc1ccc(-c2ncn(-c3ccc(OC(F)(F)F)cc3)n2)cc1. The Hall–Kier alpha value is -4.81. The number of hydrogen-bond donors (Lipinski definition) is 1. The number of nitrogens with zero attached hydrogens (tertiary/aromatic N) is 5.